The van der Waals surface area contributed by atoms with Crippen LogP contribution in [-0.4, -0.2) is 65.7 Å². The molecule has 0 aromatic rings. The first-order chi connectivity index (χ1) is 13.2. The zero-order chi connectivity index (χ0) is 21.3. The maximum absolute atomic E-state index is 13.1. The van der Waals surface area contributed by atoms with Crippen molar-refractivity contribution in [2.24, 2.45) is 11.7 Å². The molecule has 4 amide bonds. The van der Waals surface area contributed by atoms with E-state index in [4.69, 9.17) is 10.5 Å². The van der Waals surface area contributed by atoms with Gasteiger partial charge in [-0.3, -0.25) is 14.9 Å². The summed E-state index contributed by atoms with van der Waals surface area (Å²) in [7, 11) is 0. The molecule has 1 aliphatic heterocycles. The van der Waals surface area contributed by atoms with Crippen LogP contribution in [0, 0.1) is 5.92 Å². The summed E-state index contributed by atoms with van der Waals surface area (Å²) in [5.74, 6) is -0.501. The lowest BCUT2D eigenvalue weighted by molar-refractivity contribution is -0.152. The van der Waals surface area contributed by atoms with E-state index in [-0.39, 0.29) is 5.91 Å². The van der Waals surface area contributed by atoms with Gasteiger partial charge in [0.25, 0.3) is 11.8 Å². The second-order valence-electron chi connectivity index (χ2n) is 7.58. The Hall–Kier alpha value is -1.93. The highest BCUT2D eigenvalue weighted by molar-refractivity contribution is 6.02. The zero-order valence-electron chi connectivity index (χ0n) is 17.6. The summed E-state index contributed by atoms with van der Waals surface area (Å²) in [6.07, 6.45) is 3.12. The van der Waals surface area contributed by atoms with Gasteiger partial charge in [-0.25, -0.2) is 4.79 Å². The third-order valence-corrected chi connectivity index (χ3v) is 4.80. The molecule has 3 unspecified atom stereocenters. The van der Waals surface area contributed by atoms with Crippen molar-refractivity contribution >= 4 is 17.8 Å². The lowest BCUT2D eigenvalue weighted by atomic mass is 10.0. The lowest BCUT2D eigenvalue weighted by Crippen LogP contribution is -2.71. The van der Waals surface area contributed by atoms with Gasteiger partial charge in [0.05, 0.1) is 6.61 Å². The second kappa shape index (κ2) is 11.8. The minimum Gasteiger partial charge on any atom is -0.368 e. The predicted octanol–water partition coefficient (Wildman–Crippen LogP) is 1.85. The van der Waals surface area contributed by atoms with Crippen molar-refractivity contribution in [2.45, 2.75) is 71.7 Å². The van der Waals surface area contributed by atoms with Crippen LogP contribution in [0.15, 0.2) is 12.7 Å². The SMILES string of the molecule is C=CCCOC(C)C(=O)N(CCC(C)C)C1C(=O)NC(=O)N(CCCC)C1N. The third-order valence-electron chi connectivity index (χ3n) is 4.80. The van der Waals surface area contributed by atoms with Crippen molar-refractivity contribution in [3.8, 4) is 0 Å². The first kappa shape index (κ1) is 24.1. The highest BCUT2D eigenvalue weighted by Crippen LogP contribution is 2.18. The van der Waals surface area contributed by atoms with E-state index in [0.717, 1.165) is 12.8 Å². The molecule has 0 bridgehead atoms. The number of nitrogens with zero attached hydrogens (tertiary/aromatic N) is 2. The van der Waals surface area contributed by atoms with Crippen LogP contribution in [0.5, 0.6) is 0 Å². The fraction of sp³-hybridized carbons (Fsp3) is 0.750. The van der Waals surface area contributed by atoms with Gasteiger partial charge in [-0.15, -0.1) is 6.58 Å². The smallest absolute Gasteiger partial charge is 0.325 e. The summed E-state index contributed by atoms with van der Waals surface area (Å²) < 4.78 is 5.59. The van der Waals surface area contributed by atoms with Crippen LogP contribution < -0.4 is 11.1 Å². The number of nitrogens with two attached hydrogens (primary N) is 1. The van der Waals surface area contributed by atoms with E-state index in [0.29, 0.717) is 38.5 Å². The number of hydrogen-bond donors (Lipinski definition) is 2. The van der Waals surface area contributed by atoms with Crippen LogP contribution in [-0.2, 0) is 14.3 Å². The molecule has 160 valence electrons. The van der Waals surface area contributed by atoms with E-state index in [1.165, 1.54) is 9.80 Å². The van der Waals surface area contributed by atoms with Crippen molar-refractivity contribution in [1.82, 2.24) is 15.1 Å². The Balaban J connectivity index is 3.05. The number of unbranched alkanes of at least 4 members (excludes halogenated alkanes) is 1. The molecule has 1 fully saturated rings. The molecule has 0 saturated carbocycles. The number of carbonyl (C=O) groups excluding carboxylic acids is 3. The van der Waals surface area contributed by atoms with Crippen molar-refractivity contribution in [3.63, 3.8) is 0 Å². The average molecular weight is 397 g/mol. The highest BCUT2D eigenvalue weighted by atomic mass is 16.5. The van der Waals surface area contributed by atoms with Gasteiger partial charge >= 0.3 is 6.03 Å². The molecule has 8 nitrogen and oxygen atoms in total. The van der Waals surface area contributed by atoms with Crippen LogP contribution in [0.25, 0.3) is 0 Å². The Morgan fingerprint density at radius 1 is 1.39 bits per heavy atom. The van der Waals surface area contributed by atoms with Gasteiger partial charge in [0.1, 0.15) is 18.3 Å². The Morgan fingerprint density at radius 3 is 2.64 bits per heavy atom. The lowest BCUT2D eigenvalue weighted by Gasteiger charge is -2.43. The molecule has 3 N–H and O–H groups in total. The number of ether oxygens (including phenoxy) is 1. The minimum absolute atomic E-state index is 0.301. The summed E-state index contributed by atoms with van der Waals surface area (Å²) in [6, 6.07) is -1.44. The number of hydrogen-bond acceptors (Lipinski definition) is 5. The molecule has 1 rings (SSSR count). The molecule has 0 aromatic heterocycles. The largest absolute Gasteiger partial charge is 0.368 e. The minimum atomic E-state index is -0.939. The van der Waals surface area contributed by atoms with E-state index >= 15 is 0 Å². The average Bonchev–Trinajstić information content (AvgIpc) is 2.63. The predicted molar refractivity (Wildman–Crippen MR) is 108 cm³/mol. The van der Waals surface area contributed by atoms with E-state index in [2.05, 4.69) is 11.9 Å². The summed E-state index contributed by atoms with van der Waals surface area (Å²) in [5.41, 5.74) is 6.31. The fourth-order valence-corrected chi connectivity index (χ4v) is 3.03. The number of rotatable bonds is 12. The number of carbonyl (C=O) groups is 3. The van der Waals surface area contributed by atoms with Gasteiger partial charge in [0.15, 0.2) is 0 Å². The van der Waals surface area contributed by atoms with Gasteiger partial charge in [-0.1, -0.05) is 33.3 Å². The second-order valence-corrected chi connectivity index (χ2v) is 7.58. The van der Waals surface area contributed by atoms with E-state index in [9.17, 15) is 14.4 Å². The summed E-state index contributed by atoms with van der Waals surface area (Å²) in [6.45, 7) is 12.6. The molecule has 0 aromatic carbocycles. The van der Waals surface area contributed by atoms with E-state index in [1.54, 1.807) is 13.0 Å². The maximum Gasteiger partial charge on any atom is 0.325 e. The normalized spacial score (nSPS) is 20.9. The quantitative estimate of drug-likeness (QED) is 0.387. The summed E-state index contributed by atoms with van der Waals surface area (Å²) in [5, 5.41) is 2.35. The Labute approximate surface area is 168 Å². The van der Waals surface area contributed by atoms with Crippen molar-refractivity contribution in [3.05, 3.63) is 12.7 Å². The Morgan fingerprint density at radius 2 is 2.07 bits per heavy atom. The van der Waals surface area contributed by atoms with Crippen LogP contribution >= 0.6 is 0 Å². The maximum atomic E-state index is 13.1. The molecule has 1 aliphatic rings. The van der Waals surface area contributed by atoms with Gasteiger partial charge in [-0.2, -0.15) is 0 Å². The highest BCUT2D eigenvalue weighted by Gasteiger charge is 2.44. The fourth-order valence-electron chi connectivity index (χ4n) is 3.03. The first-order valence-electron chi connectivity index (χ1n) is 10.1. The van der Waals surface area contributed by atoms with E-state index < -0.39 is 30.2 Å². The molecule has 0 aliphatic carbocycles. The van der Waals surface area contributed by atoms with Crippen LogP contribution in [0.4, 0.5) is 4.79 Å². The topological polar surface area (TPSA) is 105 Å². The zero-order valence-corrected chi connectivity index (χ0v) is 17.6. The van der Waals surface area contributed by atoms with Crippen molar-refractivity contribution in [2.75, 3.05) is 19.7 Å². The molecule has 1 saturated heterocycles. The first-order valence-corrected chi connectivity index (χ1v) is 10.1. The molecule has 1 heterocycles. The number of nitrogens with one attached hydrogen (secondary N) is 1. The number of urea groups is 1. The van der Waals surface area contributed by atoms with Crippen molar-refractivity contribution in [1.29, 1.82) is 0 Å². The molecular weight excluding hydrogens is 360 g/mol. The third kappa shape index (κ3) is 6.60. The molecular formula is C20H36N4O4. The Bertz CT molecular complexity index is 552. The molecule has 0 radical (unpaired) electrons. The summed E-state index contributed by atoms with van der Waals surface area (Å²) >= 11 is 0. The molecule has 8 heteroatoms. The molecule has 0 spiro atoms. The standard InChI is InChI=1S/C20H36N4O4/c1-6-8-11-24-17(21)16(18(25)22-20(24)27)23(12-10-14(3)4)19(26)15(5)28-13-9-7-2/h7,14-17H,2,6,8-13,21H2,1,3-5H3,(H,22,25,27). The van der Waals surface area contributed by atoms with Crippen LogP contribution in [0.2, 0.25) is 0 Å². The monoisotopic (exact) mass is 396 g/mol. The molecule has 3 atom stereocenters. The van der Waals surface area contributed by atoms with Gasteiger partial charge in [0, 0.05) is 13.1 Å². The summed E-state index contributed by atoms with van der Waals surface area (Å²) in [4.78, 5) is 40.8. The molecule has 28 heavy (non-hydrogen) atoms. The van der Waals surface area contributed by atoms with Gasteiger partial charge in [-0.05, 0) is 32.1 Å². The Kier molecular flexibility index (Phi) is 10.2. The van der Waals surface area contributed by atoms with Crippen molar-refractivity contribution < 1.29 is 19.1 Å². The van der Waals surface area contributed by atoms with Gasteiger partial charge < -0.3 is 20.3 Å². The van der Waals surface area contributed by atoms with Gasteiger partial charge in [0.2, 0.25) is 0 Å². The van der Waals surface area contributed by atoms with Crippen LogP contribution in [0.1, 0.15) is 53.4 Å². The number of imide groups is 1. The number of amides is 4. The van der Waals surface area contributed by atoms with Crippen LogP contribution in [0.3, 0.4) is 0 Å². The van der Waals surface area contributed by atoms with E-state index in [1.807, 2.05) is 20.8 Å².